The molecular weight excluding hydrogens is 265 g/mol. The number of rotatable bonds is 9. The monoisotopic (exact) mass is 291 g/mol. The Labute approximate surface area is 127 Å². The molecule has 0 aliphatic carbocycles. The summed E-state index contributed by atoms with van der Waals surface area (Å²) in [6.45, 7) is 5.78. The Morgan fingerprint density at radius 2 is 2.14 bits per heavy atom. The van der Waals surface area contributed by atoms with E-state index in [0.717, 1.165) is 44.5 Å². The first-order valence-electron chi connectivity index (χ1n) is 7.64. The summed E-state index contributed by atoms with van der Waals surface area (Å²) < 4.78 is 13.2. The lowest BCUT2D eigenvalue weighted by atomic mass is 9.96. The molecule has 0 radical (unpaired) electrons. The zero-order valence-corrected chi connectivity index (χ0v) is 13.3. The molecule has 1 N–H and O–H groups in total. The van der Waals surface area contributed by atoms with E-state index in [1.807, 2.05) is 24.9 Å². The minimum absolute atomic E-state index is 0.208. The number of hydrogen-bond acceptors (Lipinski definition) is 3. The quantitative estimate of drug-likeness (QED) is 0.705. The number of benzene rings is 1. The van der Waals surface area contributed by atoms with Gasteiger partial charge in [0.15, 0.2) is 0 Å². The maximum atomic E-state index is 13.2. The molecule has 1 atom stereocenters. The van der Waals surface area contributed by atoms with E-state index in [4.69, 9.17) is 0 Å². The van der Waals surface area contributed by atoms with Gasteiger partial charge < -0.3 is 4.90 Å². The molecule has 0 fully saturated rings. The first-order chi connectivity index (χ1) is 10.0. The van der Waals surface area contributed by atoms with Gasteiger partial charge in [0.25, 0.3) is 0 Å². The maximum absolute atomic E-state index is 13.2. The molecule has 0 heterocycles. The van der Waals surface area contributed by atoms with Crippen LogP contribution in [0.2, 0.25) is 0 Å². The Bertz CT molecular complexity index is 469. The zero-order valence-electron chi connectivity index (χ0n) is 13.3. The van der Waals surface area contributed by atoms with Crippen LogP contribution in [-0.4, -0.2) is 25.7 Å². The van der Waals surface area contributed by atoms with Gasteiger partial charge in [-0.15, -0.1) is 0 Å². The van der Waals surface area contributed by atoms with Crippen molar-refractivity contribution in [1.82, 2.24) is 5.32 Å². The number of hydrogen-bond donors (Lipinski definition) is 1. The van der Waals surface area contributed by atoms with Gasteiger partial charge in [-0.3, -0.25) is 5.32 Å². The van der Waals surface area contributed by atoms with Gasteiger partial charge >= 0.3 is 0 Å². The Balaban J connectivity index is 2.35. The van der Waals surface area contributed by atoms with E-state index in [-0.39, 0.29) is 5.82 Å². The zero-order chi connectivity index (χ0) is 15.7. The van der Waals surface area contributed by atoms with Crippen LogP contribution >= 0.6 is 0 Å². The Morgan fingerprint density at radius 1 is 1.38 bits per heavy atom. The van der Waals surface area contributed by atoms with Crippen LogP contribution in [0.5, 0.6) is 0 Å². The molecule has 0 aliphatic heterocycles. The number of halogens is 1. The third kappa shape index (κ3) is 6.14. The van der Waals surface area contributed by atoms with Gasteiger partial charge in [-0.2, -0.15) is 5.26 Å². The van der Waals surface area contributed by atoms with Crippen molar-refractivity contribution in [2.24, 2.45) is 0 Å². The van der Waals surface area contributed by atoms with Crippen molar-refractivity contribution in [3.8, 4) is 6.07 Å². The summed E-state index contributed by atoms with van der Waals surface area (Å²) in [6, 6.07) is 9.00. The fraction of sp³-hybridized carbons (Fsp3) is 0.588. The van der Waals surface area contributed by atoms with Crippen LogP contribution in [0.15, 0.2) is 24.3 Å². The van der Waals surface area contributed by atoms with E-state index in [2.05, 4.69) is 18.3 Å². The second kappa shape index (κ2) is 8.63. The van der Waals surface area contributed by atoms with E-state index in [0.29, 0.717) is 0 Å². The molecule has 4 heteroatoms. The summed E-state index contributed by atoms with van der Waals surface area (Å²) in [7, 11) is 1.97. The van der Waals surface area contributed by atoms with Crippen molar-refractivity contribution in [3.63, 3.8) is 0 Å². The summed E-state index contributed by atoms with van der Waals surface area (Å²) in [5.41, 5.74) is 0.454. The molecule has 0 spiro atoms. The van der Waals surface area contributed by atoms with Gasteiger partial charge in [0.1, 0.15) is 11.4 Å². The van der Waals surface area contributed by atoms with Crippen molar-refractivity contribution < 1.29 is 4.39 Å². The number of unbranched alkanes of at least 4 members (excludes halogenated alkanes) is 1. The van der Waals surface area contributed by atoms with Crippen LogP contribution in [0.3, 0.4) is 0 Å². The molecule has 1 unspecified atom stereocenters. The Morgan fingerprint density at radius 3 is 2.76 bits per heavy atom. The van der Waals surface area contributed by atoms with E-state index in [9.17, 15) is 9.65 Å². The fourth-order valence-electron chi connectivity index (χ4n) is 2.25. The second-order valence-corrected chi connectivity index (χ2v) is 5.73. The molecule has 3 nitrogen and oxygen atoms in total. The Kier molecular flexibility index (Phi) is 7.18. The molecule has 116 valence electrons. The fourth-order valence-corrected chi connectivity index (χ4v) is 2.25. The molecule has 0 saturated heterocycles. The normalized spacial score (nSPS) is 13.5. The van der Waals surface area contributed by atoms with Crippen LogP contribution in [0.1, 0.15) is 39.5 Å². The highest BCUT2D eigenvalue weighted by atomic mass is 19.1. The Hall–Kier alpha value is -1.60. The standard InChI is InChI=1S/C17H26FN3/c1-4-11-20-17(2,14-19)10-5-6-12-21(3)16-9-7-8-15(18)13-16/h7-9,13,20H,4-6,10-12H2,1-3H3. The average molecular weight is 291 g/mol. The molecule has 0 aromatic heterocycles. The minimum Gasteiger partial charge on any atom is -0.375 e. The van der Waals surface area contributed by atoms with Gasteiger partial charge in [-0.05, 0) is 57.4 Å². The van der Waals surface area contributed by atoms with Crippen molar-refractivity contribution in [1.29, 1.82) is 5.26 Å². The van der Waals surface area contributed by atoms with Gasteiger partial charge in [-0.25, -0.2) is 4.39 Å². The highest BCUT2D eigenvalue weighted by Crippen LogP contribution is 2.17. The van der Waals surface area contributed by atoms with Crippen molar-refractivity contribution >= 4 is 5.69 Å². The van der Waals surface area contributed by atoms with E-state index in [1.165, 1.54) is 6.07 Å². The van der Waals surface area contributed by atoms with Crippen LogP contribution in [0, 0.1) is 17.1 Å². The molecule has 1 aromatic rings. The highest BCUT2D eigenvalue weighted by molar-refractivity contribution is 5.45. The summed E-state index contributed by atoms with van der Waals surface area (Å²) in [6.07, 6.45) is 3.82. The van der Waals surface area contributed by atoms with E-state index in [1.54, 1.807) is 12.1 Å². The highest BCUT2D eigenvalue weighted by Gasteiger charge is 2.21. The second-order valence-electron chi connectivity index (χ2n) is 5.73. The van der Waals surface area contributed by atoms with Crippen LogP contribution in [0.4, 0.5) is 10.1 Å². The molecule has 21 heavy (non-hydrogen) atoms. The van der Waals surface area contributed by atoms with Crippen molar-refractivity contribution in [2.45, 2.75) is 45.1 Å². The minimum atomic E-state index is -0.437. The number of nitrogens with zero attached hydrogens (tertiary/aromatic N) is 2. The van der Waals surface area contributed by atoms with Crippen LogP contribution in [0.25, 0.3) is 0 Å². The molecule has 1 rings (SSSR count). The van der Waals surface area contributed by atoms with Gasteiger partial charge in [-0.1, -0.05) is 13.0 Å². The summed E-state index contributed by atoms with van der Waals surface area (Å²) in [4.78, 5) is 2.05. The first kappa shape index (κ1) is 17.5. The summed E-state index contributed by atoms with van der Waals surface area (Å²) in [5, 5.41) is 12.6. The third-order valence-corrected chi connectivity index (χ3v) is 3.68. The third-order valence-electron chi connectivity index (χ3n) is 3.68. The smallest absolute Gasteiger partial charge is 0.125 e. The van der Waals surface area contributed by atoms with Gasteiger partial charge in [0, 0.05) is 19.3 Å². The largest absolute Gasteiger partial charge is 0.375 e. The van der Waals surface area contributed by atoms with Gasteiger partial charge in [0.05, 0.1) is 6.07 Å². The molecule has 1 aromatic carbocycles. The molecule has 0 bridgehead atoms. The average Bonchev–Trinajstić information content (AvgIpc) is 2.49. The predicted molar refractivity (Wildman–Crippen MR) is 85.8 cm³/mol. The lowest BCUT2D eigenvalue weighted by molar-refractivity contribution is 0.403. The molecular formula is C17H26FN3. The molecule has 0 saturated carbocycles. The van der Waals surface area contributed by atoms with E-state index < -0.39 is 5.54 Å². The van der Waals surface area contributed by atoms with Gasteiger partial charge in [0.2, 0.25) is 0 Å². The van der Waals surface area contributed by atoms with Crippen molar-refractivity contribution in [2.75, 3.05) is 25.0 Å². The van der Waals surface area contributed by atoms with Crippen molar-refractivity contribution in [3.05, 3.63) is 30.1 Å². The summed E-state index contributed by atoms with van der Waals surface area (Å²) in [5.74, 6) is -0.208. The first-order valence-corrected chi connectivity index (χ1v) is 7.64. The topological polar surface area (TPSA) is 39.1 Å². The lowest BCUT2D eigenvalue weighted by Crippen LogP contribution is -2.41. The molecule has 0 aliphatic rings. The maximum Gasteiger partial charge on any atom is 0.125 e. The summed E-state index contributed by atoms with van der Waals surface area (Å²) >= 11 is 0. The predicted octanol–water partition coefficient (Wildman–Crippen LogP) is 3.71. The number of nitrogens with one attached hydrogen (secondary N) is 1. The number of anilines is 1. The van der Waals surface area contributed by atoms with Crippen LogP contribution in [-0.2, 0) is 0 Å². The van der Waals surface area contributed by atoms with Crippen LogP contribution < -0.4 is 10.2 Å². The number of nitriles is 1. The molecule has 0 amide bonds. The van der Waals surface area contributed by atoms with E-state index >= 15 is 0 Å². The SMILES string of the molecule is CCCNC(C)(C#N)CCCCN(C)c1cccc(F)c1. The lowest BCUT2D eigenvalue weighted by Gasteiger charge is -2.24.